The quantitative estimate of drug-likeness (QED) is 0.631. The van der Waals surface area contributed by atoms with Crippen LogP contribution in [-0.4, -0.2) is 30.9 Å². The molecule has 0 bridgehead atoms. The third-order valence-corrected chi connectivity index (χ3v) is 5.94. The van der Waals surface area contributed by atoms with Crippen molar-refractivity contribution in [3.63, 3.8) is 0 Å². The molecule has 0 aromatic heterocycles. The molecule has 2 aliphatic rings. The predicted molar refractivity (Wildman–Crippen MR) is 96.9 cm³/mol. The van der Waals surface area contributed by atoms with Gasteiger partial charge >= 0.3 is 0 Å². The number of carbonyl (C=O) groups excluding carboxylic acids is 1. The highest BCUT2D eigenvalue weighted by Crippen LogP contribution is 2.41. The topological polar surface area (TPSA) is 44.8 Å². The van der Waals surface area contributed by atoms with Crippen molar-refractivity contribution in [2.24, 2.45) is 5.92 Å². The molecule has 0 N–H and O–H groups in total. The standard InChI is InChI=1S/C19H24Cl2O4/c1-19(24-12-22,18-8-13-4-2-3-5-17(13)25-18)11-23-10-14-6-7-15(20)9-16(14)21/h6-7,9,12-13,17-18H,2-5,8,10-11H2,1H3/t13-,17+,18-,19+/m0/s1. The van der Waals surface area contributed by atoms with E-state index in [1.807, 2.05) is 13.0 Å². The highest BCUT2D eigenvalue weighted by atomic mass is 35.5. The highest BCUT2D eigenvalue weighted by Gasteiger charge is 2.47. The van der Waals surface area contributed by atoms with E-state index < -0.39 is 5.60 Å². The molecule has 1 aromatic rings. The Kier molecular flexibility index (Phi) is 6.26. The second-order valence-corrected chi connectivity index (χ2v) is 8.04. The lowest BCUT2D eigenvalue weighted by Crippen LogP contribution is -2.46. The first-order valence-corrected chi connectivity index (χ1v) is 9.56. The van der Waals surface area contributed by atoms with Crippen LogP contribution < -0.4 is 0 Å². The van der Waals surface area contributed by atoms with Gasteiger partial charge in [-0.25, -0.2) is 0 Å². The summed E-state index contributed by atoms with van der Waals surface area (Å²) in [5, 5.41) is 1.15. The van der Waals surface area contributed by atoms with Crippen molar-refractivity contribution in [1.82, 2.24) is 0 Å². The number of rotatable bonds is 7. The molecule has 2 fully saturated rings. The van der Waals surface area contributed by atoms with Crippen LogP contribution in [0.5, 0.6) is 0 Å². The van der Waals surface area contributed by atoms with E-state index in [1.54, 1.807) is 12.1 Å². The van der Waals surface area contributed by atoms with Crippen molar-refractivity contribution in [3.05, 3.63) is 33.8 Å². The van der Waals surface area contributed by atoms with E-state index >= 15 is 0 Å². The Morgan fingerprint density at radius 3 is 2.84 bits per heavy atom. The van der Waals surface area contributed by atoms with Gasteiger partial charge in [-0.2, -0.15) is 0 Å². The molecule has 1 aliphatic carbocycles. The fraction of sp³-hybridized carbons (Fsp3) is 0.632. The number of benzene rings is 1. The molecule has 1 heterocycles. The zero-order valence-corrected chi connectivity index (χ0v) is 15.9. The number of halogens is 2. The van der Waals surface area contributed by atoms with E-state index in [4.69, 9.17) is 37.4 Å². The summed E-state index contributed by atoms with van der Waals surface area (Å²) in [4.78, 5) is 11.0. The Morgan fingerprint density at radius 1 is 1.32 bits per heavy atom. The Bertz CT molecular complexity index is 595. The molecule has 1 saturated heterocycles. The van der Waals surface area contributed by atoms with Crippen LogP contribution in [0.2, 0.25) is 10.0 Å². The van der Waals surface area contributed by atoms with Crippen molar-refractivity contribution >= 4 is 29.7 Å². The zero-order valence-electron chi connectivity index (χ0n) is 14.4. The lowest BCUT2D eigenvalue weighted by molar-refractivity contribution is -0.173. The van der Waals surface area contributed by atoms with Crippen LogP contribution in [0.15, 0.2) is 18.2 Å². The maximum atomic E-state index is 11.0. The Hall–Kier alpha value is -0.810. The molecule has 4 nitrogen and oxygen atoms in total. The van der Waals surface area contributed by atoms with Gasteiger partial charge in [-0.15, -0.1) is 0 Å². The molecule has 1 aliphatic heterocycles. The van der Waals surface area contributed by atoms with E-state index in [0.717, 1.165) is 18.4 Å². The van der Waals surface area contributed by atoms with Gasteiger partial charge in [-0.05, 0) is 49.8 Å². The molecular formula is C19H24Cl2O4. The average molecular weight is 387 g/mol. The molecule has 0 unspecified atom stereocenters. The summed E-state index contributed by atoms with van der Waals surface area (Å²) in [6, 6.07) is 5.30. The molecule has 3 rings (SSSR count). The zero-order chi connectivity index (χ0) is 17.9. The van der Waals surface area contributed by atoms with Gasteiger partial charge in [0.15, 0.2) is 5.60 Å². The maximum absolute atomic E-state index is 11.0. The number of ether oxygens (including phenoxy) is 3. The minimum atomic E-state index is -0.794. The van der Waals surface area contributed by atoms with Gasteiger partial charge < -0.3 is 14.2 Å². The molecular weight excluding hydrogens is 363 g/mol. The van der Waals surface area contributed by atoms with Crippen LogP contribution in [0.25, 0.3) is 0 Å². The smallest absolute Gasteiger partial charge is 0.293 e. The Labute approximate surface area is 158 Å². The third kappa shape index (κ3) is 4.48. The maximum Gasteiger partial charge on any atom is 0.293 e. The van der Waals surface area contributed by atoms with Crippen molar-refractivity contribution in [2.75, 3.05) is 6.61 Å². The molecule has 0 amide bonds. The molecule has 0 radical (unpaired) electrons. The average Bonchev–Trinajstić information content (AvgIpc) is 3.02. The fourth-order valence-corrected chi connectivity index (χ4v) is 4.34. The predicted octanol–water partition coefficient (Wildman–Crippen LogP) is 4.79. The third-order valence-electron chi connectivity index (χ3n) is 5.35. The molecule has 138 valence electrons. The number of carbonyl (C=O) groups is 1. The SMILES string of the molecule is C[C@](COCc1ccc(Cl)cc1Cl)(OC=O)[C@@H]1C[C@@H]2CCCC[C@H]2O1. The number of hydrogen-bond donors (Lipinski definition) is 0. The monoisotopic (exact) mass is 386 g/mol. The number of hydrogen-bond acceptors (Lipinski definition) is 4. The highest BCUT2D eigenvalue weighted by molar-refractivity contribution is 6.35. The summed E-state index contributed by atoms with van der Waals surface area (Å²) in [6.45, 7) is 2.96. The van der Waals surface area contributed by atoms with Crippen LogP contribution in [0.3, 0.4) is 0 Å². The second kappa shape index (κ2) is 8.26. The van der Waals surface area contributed by atoms with Crippen LogP contribution >= 0.6 is 23.2 Å². The minimum absolute atomic E-state index is 0.133. The molecule has 6 heteroatoms. The largest absolute Gasteiger partial charge is 0.456 e. The van der Waals surface area contributed by atoms with Gasteiger partial charge in [0.1, 0.15) is 0 Å². The van der Waals surface area contributed by atoms with Gasteiger partial charge in [0.2, 0.25) is 0 Å². The van der Waals surface area contributed by atoms with E-state index in [1.165, 1.54) is 19.3 Å². The van der Waals surface area contributed by atoms with Gasteiger partial charge in [0.25, 0.3) is 6.47 Å². The summed E-state index contributed by atoms with van der Waals surface area (Å²) in [6.07, 6.45) is 5.84. The van der Waals surface area contributed by atoms with Gasteiger partial charge in [-0.1, -0.05) is 42.1 Å². The van der Waals surface area contributed by atoms with Gasteiger partial charge in [-0.3, -0.25) is 4.79 Å². The summed E-state index contributed by atoms with van der Waals surface area (Å²) < 4.78 is 17.5. The molecule has 4 atom stereocenters. The van der Waals surface area contributed by atoms with Crippen LogP contribution in [0.4, 0.5) is 0 Å². The molecule has 1 saturated carbocycles. The second-order valence-electron chi connectivity index (χ2n) is 7.20. The Morgan fingerprint density at radius 2 is 2.12 bits per heavy atom. The summed E-state index contributed by atoms with van der Waals surface area (Å²) in [5.41, 5.74) is 0.0541. The van der Waals surface area contributed by atoms with Crippen molar-refractivity contribution < 1.29 is 19.0 Å². The first kappa shape index (κ1) is 19.0. The van der Waals surface area contributed by atoms with Gasteiger partial charge in [0, 0.05) is 10.0 Å². The lowest BCUT2D eigenvalue weighted by Gasteiger charge is -2.33. The first-order chi connectivity index (χ1) is 12.0. The van der Waals surface area contributed by atoms with Crippen molar-refractivity contribution in [1.29, 1.82) is 0 Å². The molecule has 25 heavy (non-hydrogen) atoms. The van der Waals surface area contributed by atoms with E-state index in [2.05, 4.69) is 0 Å². The van der Waals surface area contributed by atoms with E-state index in [-0.39, 0.29) is 12.7 Å². The van der Waals surface area contributed by atoms with Crippen LogP contribution in [0, 0.1) is 5.92 Å². The normalized spacial score (nSPS) is 28.2. The number of fused-ring (bicyclic) bond motifs is 1. The first-order valence-electron chi connectivity index (χ1n) is 8.80. The van der Waals surface area contributed by atoms with E-state index in [9.17, 15) is 4.79 Å². The summed E-state index contributed by atoms with van der Waals surface area (Å²) in [7, 11) is 0. The molecule has 1 aromatic carbocycles. The van der Waals surface area contributed by atoms with Crippen LogP contribution in [-0.2, 0) is 25.6 Å². The fourth-order valence-electron chi connectivity index (χ4n) is 3.87. The summed E-state index contributed by atoms with van der Waals surface area (Å²) >= 11 is 12.1. The van der Waals surface area contributed by atoms with Crippen molar-refractivity contribution in [2.45, 2.75) is 63.4 Å². The minimum Gasteiger partial charge on any atom is -0.456 e. The molecule has 0 spiro atoms. The summed E-state index contributed by atoms with van der Waals surface area (Å²) in [5.74, 6) is 0.569. The van der Waals surface area contributed by atoms with Crippen molar-refractivity contribution in [3.8, 4) is 0 Å². The lowest BCUT2D eigenvalue weighted by atomic mass is 9.83. The van der Waals surface area contributed by atoms with Gasteiger partial charge in [0.05, 0.1) is 25.4 Å². The van der Waals surface area contributed by atoms with Crippen LogP contribution in [0.1, 0.15) is 44.6 Å². The van der Waals surface area contributed by atoms with E-state index in [0.29, 0.717) is 35.1 Å². The Balaban J connectivity index is 1.61.